The zero-order valence-corrected chi connectivity index (χ0v) is 10.9. The summed E-state index contributed by atoms with van der Waals surface area (Å²) >= 11 is 3.12. The monoisotopic (exact) mass is 295 g/mol. The van der Waals surface area contributed by atoms with Crippen molar-refractivity contribution >= 4 is 15.9 Å². The second-order valence-corrected chi connectivity index (χ2v) is 4.12. The Morgan fingerprint density at radius 3 is 2.65 bits per heavy atom. The van der Waals surface area contributed by atoms with Crippen LogP contribution in [0.15, 0.2) is 52.9 Å². The van der Waals surface area contributed by atoms with Gasteiger partial charge >= 0.3 is 0 Å². The molecule has 0 spiro atoms. The molecule has 0 aliphatic heterocycles. The highest BCUT2D eigenvalue weighted by Gasteiger charge is 2.04. The van der Waals surface area contributed by atoms with Gasteiger partial charge < -0.3 is 9.47 Å². The smallest absolute Gasteiger partial charge is 0.161 e. The molecule has 2 aromatic rings. The molecule has 17 heavy (non-hydrogen) atoms. The van der Waals surface area contributed by atoms with E-state index in [0.717, 1.165) is 5.56 Å². The number of hydrogen-bond donors (Lipinski definition) is 0. The van der Waals surface area contributed by atoms with Gasteiger partial charge in [0.1, 0.15) is 6.61 Å². The molecule has 0 fully saturated rings. The Bertz CT molecular complexity index is 618. The molecule has 0 atom stereocenters. The molecule has 2 rings (SSSR count). The Morgan fingerprint density at radius 1 is 1.18 bits per heavy atom. The number of benzene rings is 2. The van der Waals surface area contributed by atoms with Crippen LogP contribution in [0.2, 0.25) is 0 Å². The topological polar surface area (TPSA) is 18.5 Å². The third-order valence-corrected chi connectivity index (χ3v) is 2.54. The molecule has 0 N–H and O–H groups in total. The Kier molecular flexibility index (Phi) is 2.90. The van der Waals surface area contributed by atoms with Crippen LogP contribution in [0.25, 0.3) is 0 Å². The lowest BCUT2D eigenvalue weighted by Gasteiger charge is -2.10. The largest absolute Gasteiger partial charge is 0.493 e. The van der Waals surface area contributed by atoms with E-state index in [0.29, 0.717) is 0 Å². The van der Waals surface area contributed by atoms with Crippen molar-refractivity contribution in [3.8, 4) is 11.5 Å². The summed E-state index contributed by atoms with van der Waals surface area (Å²) < 4.78 is 34.6. The van der Waals surface area contributed by atoms with Crippen LogP contribution in [0, 0.1) is 0 Å². The zero-order chi connectivity index (χ0) is 14.7. The van der Waals surface area contributed by atoms with Gasteiger partial charge in [-0.05, 0) is 23.7 Å². The fourth-order valence-corrected chi connectivity index (χ4v) is 1.61. The molecule has 0 saturated carbocycles. The first-order valence-corrected chi connectivity index (χ1v) is 5.85. The lowest BCUT2D eigenvalue weighted by atomic mass is 10.2. The summed E-state index contributed by atoms with van der Waals surface area (Å²) in [4.78, 5) is 0. The van der Waals surface area contributed by atoms with E-state index >= 15 is 0 Å². The number of rotatable bonds is 4. The average Bonchev–Trinajstić information content (AvgIpc) is 2.48. The maximum atomic E-state index is 7.94. The van der Waals surface area contributed by atoms with E-state index < -0.39 is 0 Å². The second kappa shape index (κ2) is 5.73. The standard InChI is InChI=1S/C14H13BrO2/c1-16-14-9-12(15)7-8-13(14)17-10-11-5-3-2-4-6-11/h2-9H,10H2,1H3/i7D,8D,9D. The van der Waals surface area contributed by atoms with Crippen LogP contribution in [0.1, 0.15) is 9.68 Å². The van der Waals surface area contributed by atoms with Crippen molar-refractivity contribution in [1.82, 2.24) is 0 Å². The molecular weight excluding hydrogens is 280 g/mol. The molecule has 0 radical (unpaired) electrons. The Hall–Kier alpha value is -1.48. The van der Waals surface area contributed by atoms with Gasteiger partial charge in [0.25, 0.3) is 0 Å². The Labute approximate surface area is 114 Å². The number of halogens is 1. The van der Waals surface area contributed by atoms with Gasteiger partial charge in [0.05, 0.1) is 11.2 Å². The summed E-state index contributed by atoms with van der Waals surface area (Å²) in [6.45, 7) is 0.254. The van der Waals surface area contributed by atoms with Crippen LogP contribution in [-0.4, -0.2) is 7.11 Å². The summed E-state index contributed by atoms with van der Waals surface area (Å²) in [7, 11) is 1.41. The zero-order valence-electron chi connectivity index (χ0n) is 12.3. The number of ether oxygens (including phenoxy) is 2. The van der Waals surface area contributed by atoms with Crippen LogP contribution in [0.5, 0.6) is 11.5 Å². The van der Waals surface area contributed by atoms with Gasteiger partial charge in [-0.3, -0.25) is 0 Å². The molecule has 88 valence electrons. The van der Waals surface area contributed by atoms with Crippen molar-refractivity contribution < 1.29 is 13.6 Å². The maximum absolute atomic E-state index is 7.94. The van der Waals surface area contributed by atoms with E-state index in [4.69, 9.17) is 13.6 Å². The van der Waals surface area contributed by atoms with E-state index in [-0.39, 0.29) is 40.7 Å². The van der Waals surface area contributed by atoms with Gasteiger partial charge in [-0.25, -0.2) is 0 Å². The van der Waals surface area contributed by atoms with Crippen molar-refractivity contribution in [2.45, 2.75) is 6.61 Å². The summed E-state index contributed by atoms with van der Waals surface area (Å²) in [5, 5.41) is 0. The molecule has 0 saturated heterocycles. The third-order valence-electron chi connectivity index (χ3n) is 2.15. The molecular formula is C14H13BrO2. The van der Waals surface area contributed by atoms with Crippen molar-refractivity contribution in [1.29, 1.82) is 0 Å². The van der Waals surface area contributed by atoms with E-state index in [1.54, 1.807) is 0 Å². The van der Waals surface area contributed by atoms with E-state index in [2.05, 4.69) is 15.9 Å². The van der Waals surface area contributed by atoms with Crippen LogP contribution in [0.3, 0.4) is 0 Å². The molecule has 0 amide bonds. The maximum Gasteiger partial charge on any atom is 0.161 e. The van der Waals surface area contributed by atoms with E-state index in [1.807, 2.05) is 30.3 Å². The fourth-order valence-electron chi connectivity index (χ4n) is 1.33. The van der Waals surface area contributed by atoms with Gasteiger partial charge in [0.15, 0.2) is 11.5 Å². The number of methoxy groups -OCH3 is 1. The Balaban J connectivity index is 2.36. The lowest BCUT2D eigenvalue weighted by Crippen LogP contribution is -1.97. The lowest BCUT2D eigenvalue weighted by molar-refractivity contribution is 0.284. The molecule has 3 heteroatoms. The highest BCUT2D eigenvalue weighted by molar-refractivity contribution is 9.10. The molecule has 2 aromatic carbocycles. The minimum Gasteiger partial charge on any atom is -0.493 e. The summed E-state index contributed by atoms with van der Waals surface area (Å²) in [5.41, 5.74) is 0.940. The first-order valence-electron chi connectivity index (χ1n) is 6.56. The van der Waals surface area contributed by atoms with Gasteiger partial charge in [-0.2, -0.15) is 0 Å². The van der Waals surface area contributed by atoms with Crippen LogP contribution < -0.4 is 9.47 Å². The van der Waals surface area contributed by atoms with Crippen LogP contribution >= 0.6 is 15.9 Å². The third kappa shape index (κ3) is 3.24. The highest BCUT2D eigenvalue weighted by atomic mass is 79.9. The molecule has 2 nitrogen and oxygen atoms in total. The SMILES string of the molecule is [2H]c1c([2H])c(OCc2ccccc2)c(OC)c([2H])c1Br. The van der Waals surface area contributed by atoms with Gasteiger partial charge in [0.2, 0.25) is 0 Å². The van der Waals surface area contributed by atoms with E-state index in [1.165, 1.54) is 7.11 Å². The van der Waals surface area contributed by atoms with Crippen LogP contribution in [0.4, 0.5) is 0 Å². The second-order valence-electron chi connectivity index (χ2n) is 3.33. The molecule has 0 unspecified atom stereocenters. The average molecular weight is 296 g/mol. The summed E-state index contributed by atoms with van der Waals surface area (Å²) in [6.07, 6.45) is 0. The Morgan fingerprint density at radius 2 is 1.94 bits per heavy atom. The van der Waals surface area contributed by atoms with Crippen molar-refractivity contribution in [2.24, 2.45) is 0 Å². The predicted octanol–water partition coefficient (Wildman–Crippen LogP) is 4.04. The van der Waals surface area contributed by atoms with Crippen LogP contribution in [-0.2, 0) is 6.61 Å². The fraction of sp³-hybridized carbons (Fsp3) is 0.143. The van der Waals surface area contributed by atoms with Crippen molar-refractivity contribution in [3.63, 3.8) is 0 Å². The molecule has 0 aromatic heterocycles. The quantitative estimate of drug-likeness (QED) is 0.848. The van der Waals surface area contributed by atoms with Gasteiger partial charge in [-0.15, -0.1) is 0 Å². The van der Waals surface area contributed by atoms with Crippen molar-refractivity contribution in [2.75, 3.05) is 7.11 Å². The summed E-state index contributed by atoms with van der Waals surface area (Å²) in [6, 6.07) is 9.33. The van der Waals surface area contributed by atoms with E-state index in [9.17, 15) is 0 Å². The van der Waals surface area contributed by atoms with Gasteiger partial charge in [0, 0.05) is 4.47 Å². The predicted molar refractivity (Wildman–Crippen MR) is 71.5 cm³/mol. The molecule has 0 aliphatic carbocycles. The summed E-state index contributed by atoms with van der Waals surface area (Å²) in [5.74, 6) is 0.281. The highest BCUT2D eigenvalue weighted by Crippen LogP contribution is 2.30. The minimum atomic E-state index is -0.0966. The molecule has 0 bridgehead atoms. The first kappa shape index (κ1) is 8.59. The van der Waals surface area contributed by atoms with Crippen molar-refractivity contribution in [3.05, 3.63) is 58.5 Å². The first-order chi connectivity index (χ1) is 9.56. The molecule has 0 heterocycles. The van der Waals surface area contributed by atoms with Gasteiger partial charge in [-0.1, -0.05) is 46.3 Å². The minimum absolute atomic E-state index is 0.0107. The molecule has 0 aliphatic rings. The number of hydrogen-bond acceptors (Lipinski definition) is 2. The normalized spacial score (nSPS) is 12.5.